The Balaban J connectivity index is 1.89. The fraction of sp³-hybridized carbons (Fsp3) is 0.600. The Morgan fingerprint density at radius 2 is 2.10 bits per heavy atom. The van der Waals surface area contributed by atoms with Gasteiger partial charge in [0.1, 0.15) is 5.75 Å². The summed E-state index contributed by atoms with van der Waals surface area (Å²) in [7, 11) is 0. The first kappa shape index (κ1) is 16.1. The molecule has 21 heavy (non-hydrogen) atoms. The molecule has 1 heterocycles. The highest BCUT2D eigenvalue weighted by Crippen LogP contribution is 2.16. The standard InChI is InChI=1S/C15H22F2N2O2/c16-15(17)21-14-5-3-12(4-6-14)10-19(8-9-20)11-13-2-1-7-18-13/h3-6,13,15,18,20H,1-2,7-11H2. The first-order valence-electron chi connectivity index (χ1n) is 7.27. The van der Waals surface area contributed by atoms with Crippen LogP contribution in [0.15, 0.2) is 24.3 Å². The Kier molecular flexibility index (Phi) is 6.35. The summed E-state index contributed by atoms with van der Waals surface area (Å²) in [5.74, 6) is 0.167. The molecule has 1 aliphatic rings. The molecule has 1 aromatic carbocycles. The maximum absolute atomic E-state index is 12.1. The molecule has 0 spiro atoms. The number of rotatable bonds is 8. The van der Waals surface area contributed by atoms with Gasteiger partial charge in [0.25, 0.3) is 0 Å². The lowest BCUT2D eigenvalue weighted by Gasteiger charge is -2.25. The second kappa shape index (κ2) is 8.26. The molecule has 1 aromatic rings. The van der Waals surface area contributed by atoms with Crippen molar-refractivity contribution >= 4 is 0 Å². The molecule has 0 saturated carbocycles. The van der Waals surface area contributed by atoms with E-state index in [0.29, 0.717) is 19.1 Å². The van der Waals surface area contributed by atoms with Crippen LogP contribution in [0.2, 0.25) is 0 Å². The van der Waals surface area contributed by atoms with Crippen LogP contribution in [0.5, 0.6) is 5.75 Å². The van der Waals surface area contributed by atoms with Crippen LogP contribution < -0.4 is 10.1 Å². The molecular formula is C15H22F2N2O2. The van der Waals surface area contributed by atoms with Crippen LogP contribution >= 0.6 is 0 Å². The summed E-state index contributed by atoms with van der Waals surface area (Å²) in [6.45, 7) is 0.545. The lowest BCUT2D eigenvalue weighted by molar-refractivity contribution is -0.0498. The number of hydrogen-bond acceptors (Lipinski definition) is 4. The highest BCUT2D eigenvalue weighted by Gasteiger charge is 2.17. The smallest absolute Gasteiger partial charge is 0.387 e. The second-order valence-electron chi connectivity index (χ2n) is 5.27. The Hall–Kier alpha value is -1.24. The maximum Gasteiger partial charge on any atom is 0.387 e. The number of nitrogens with zero attached hydrogens (tertiary/aromatic N) is 1. The third-order valence-corrected chi connectivity index (χ3v) is 3.61. The van der Waals surface area contributed by atoms with Crippen LogP contribution in [0.3, 0.4) is 0 Å². The van der Waals surface area contributed by atoms with E-state index < -0.39 is 6.61 Å². The van der Waals surface area contributed by atoms with Crippen LogP contribution in [0.4, 0.5) is 8.78 Å². The van der Waals surface area contributed by atoms with Crippen molar-refractivity contribution in [2.75, 3.05) is 26.2 Å². The van der Waals surface area contributed by atoms with Gasteiger partial charge in [0.15, 0.2) is 0 Å². The molecule has 4 nitrogen and oxygen atoms in total. The van der Waals surface area contributed by atoms with Gasteiger partial charge in [-0.2, -0.15) is 8.78 Å². The lowest BCUT2D eigenvalue weighted by atomic mass is 10.1. The maximum atomic E-state index is 12.1. The van der Waals surface area contributed by atoms with Crippen LogP contribution in [0.25, 0.3) is 0 Å². The number of nitrogens with one attached hydrogen (secondary N) is 1. The van der Waals surface area contributed by atoms with Crippen molar-refractivity contribution in [2.45, 2.75) is 32.0 Å². The van der Waals surface area contributed by atoms with E-state index in [1.165, 1.54) is 6.42 Å². The predicted octanol–water partition coefficient (Wildman–Crippen LogP) is 1.83. The quantitative estimate of drug-likeness (QED) is 0.769. The van der Waals surface area contributed by atoms with E-state index in [2.05, 4.69) is 15.0 Å². The second-order valence-corrected chi connectivity index (χ2v) is 5.27. The summed E-state index contributed by atoms with van der Waals surface area (Å²) in [6.07, 6.45) is 2.35. The molecule has 2 N–H and O–H groups in total. The van der Waals surface area contributed by atoms with E-state index in [1.54, 1.807) is 24.3 Å². The Morgan fingerprint density at radius 1 is 1.33 bits per heavy atom. The molecular weight excluding hydrogens is 278 g/mol. The number of halogens is 2. The fourth-order valence-electron chi connectivity index (χ4n) is 2.64. The number of alkyl halides is 2. The zero-order valence-corrected chi connectivity index (χ0v) is 12.0. The molecule has 0 aliphatic carbocycles. The minimum Gasteiger partial charge on any atom is -0.435 e. The lowest BCUT2D eigenvalue weighted by Crippen LogP contribution is -2.38. The molecule has 1 unspecified atom stereocenters. The molecule has 118 valence electrons. The zero-order chi connectivity index (χ0) is 15.1. The normalized spacial score (nSPS) is 18.6. The fourth-order valence-corrected chi connectivity index (χ4v) is 2.64. The largest absolute Gasteiger partial charge is 0.435 e. The monoisotopic (exact) mass is 300 g/mol. The Bertz CT molecular complexity index is 409. The van der Waals surface area contributed by atoms with E-state index in [4.69, 9.17) is 5.11 Å². The topological polar surface area (TPSA) is 44.7 Å². The van der Waals surface area contributed by atoms with Gasteiger partial charge in [-0.1, -0.05) is 12.1 Å². The van der Waals surface area contributed by atoms with E-state index in [9.17, 15) is 8.78 Å². The van der Waals surface area contributed by atoms with Crippen LogP contribution in [-0.4, -0.2) is 48.9 Å². The third-order valence-electron chi connectivity index (χ3n) is 3.61. The molecule has 0 bridgehead atoms. The van der Waals surface area contributed by atoms with Gasteiger partial charge in [0.2, 0.25) is 0 Å². The van der Waals surface area contributed by atoms with Crippen molar-refractivity contribution in [3.8, 4) is 5.75 Å². The van der Waals surface area contributed by atoms with Gasteiger partial charge >= 0.3 is 6.61 Å². The first-order chi connectivity index (χ1) is 10.2. The average Bonchev–Trinajstić information content (AvgIpc) is 2.93. The van der Waals surface area contributed by atoms with Crippen molar-refractivity contribution in [3.63, 3.8) is 0 Å². The summed E-state index contributed by atoms with van der Waals surface area (Å²) in [5.41, 5.74) is 1.02. The van der Waals surface area contributed by atoms with Gasteiger partial charge in [-0.05, 0) is 37.1 Å². The number of hydrogen-bond donors (Lipinski definition) is 2. The van der Waals surface area contributed by atoms with Crippen molar-refractivity contribution in [1.29, 1.82) is 0 Å². The molecule has 1 atom stereocenters. The molecule has 6 heteroatoms. The molecule has 0 amide bonds. The average molecular weight is 300 g/mol. The van der Waals surface area contributed by atoms with Crippen LogP contribution in [0.1, 0.15) is 18.4 Å². The Labute approximate surface area is 123 Å². The Morgan fingerprint density at radius 3 is 2.67 bits per heavy atom. The third kappa shape index (κ3) is 5.57. The number of ether oxygens (including phenoxy) is 1. The summed E-state index contributed by atoms with van der Waals surface area (Å²) in [5, 5.41) is 12.6. The van der Waals surface area contributed by atoms with Crippen molar-refractivity contribution in [1.82, 2.24) is 10.2 Å². The number of benzene rings is 1. The van der Waals surface area contributed by atoms with Gasteiger partial charge in [0, 0.05) is 25.7 Å². The molecule has 2 rings (SSSR count). The minimum absolute atomic E-state index is 0.110. The molecule has 1 aliphatic heterocycles. The van der Waals surface area contributed by atoms with E-state index >= 15 is 0 Å². The van der Waals surface area contributed by atoms with Crippen molar-refractivity contribution in [3.05, 3.63) is 29.8 Å². The van der Waals surface area contributed by atoms with Gasteiger partial charge in [-0.15, -0.1) is 0 Å². The van der Waals surface area contributed by atoms with E-state index in [0.717, 1.165) is 25.1 Å². The van der Waals surface area contributed by atoms with Gasteiger partial charge in [0.05, 0.1) is 6.61 Å². The zero-order valence-electron chi connectivity index (χ0n) is 12.0. The minimum atomic E-state index is -2.80. The summed E-state index contributed by atoms with van der Waals surface area (Å²) in [4.78, 5) is 2.17. The highest BCUT2D eigenvalue weighted by atomic mass is 19.3. The molecule has 0 aromatic heterocycles. The predicted molar refractivity (Wildman–Crippen MR) is 76.5 cm³/mol. The first-order valence-corrected chi connectivity index (χ1v) is 7.27. The van der Waals surface area contributed by atoms with E-state index in [1.807, 2.05) is 0 Å². The highest BCUT2D eigenvalue weighted by molar-refractivity contribution is 5.27. The molecule has 1 fully saturated rings. The molecule has 1 saturated heterocycles. The number of aliphatic hydroxyl groups is 1. The SMILES string of the molecule is OCCN(Cc1ccc(OC(F)F)cc1)CC1CCCN1. The van der Waals surface area contributed by atoms with Gasteiger partial charge < -0.3 is 15.2 Å². The van der Waals surface area contributed by atoms with Crippen molar-refractivity contribution in [2.24, 2.45) is 0 Å². The summed E-state index contributed by atoms with van der Waals surface area (Å²) < 4.78 is 28.5. The van der Waals surface area contributed by atoms with Crippen LogP contribution in [0, 0.1) is 0 Å². The van der Waals surface area contributed by atoms with Gasteiger partial charge in [-0.25, -0.2) is 0 Å². The molecule has 0 radical (unpaired) electrons. The number of aliphatic hydroxyl groups excluding tert-OH is 1. The van der Waals surface area contributed by atoms with E-state index in [-0.39, 0.29) is 12.4 Å². The van der Waals surface area contributed by atoms with Crippen LogP contribution in [-0.2, 0) is 6.54 Å². The van der Waals surface area contributed by atoms with Gasteiger partial charge in [-0.3, -0.25) is 4.90 Å². The van der Waals surface area contributed by atoms with Crippen molar-refractivity contribution < 1.29 is 18.6 Å². The summed E-state index contributed by atoms with van der Waals surface area (Å²) >= 11 is 0. The summed E-state index contributed by atoms with van der Waals surface area (Å²) in [6, 6.07) is 7.13.